The summed E-state index contributed by atoms with van der Waals surface area (Å²) in [6.07, 6.45) is -0.271. The quantitative estimate of drug-likeness (QED) is 0.904. The number of rotatable bonds is 2. The van der Waals surface area contributed by atoms with Gasteiger partial charge in [-0.2, -0.15) is 0 Å². The molecule has 0 atom stereocenters. The number of fused-ring (bicyclic) bond motifs is 1. The van der Waals surface area contributed by atoms with Crippen molar-refractivity contribution in [3.8, 4) is 11.1 Å². The summed E-state index contributed by atoms with van der Waals surface area (Å²) in [6, 6.07) is 14.2. The molecule has 0 spiro atoms. The summed E-state index contributed by atoms with van der Waals surface area (Å²) in [4.78, 5) is 14.0. The Morgan fingerprint density at radius 1 is 1.04 bits per heavy atom. The van der Waals surface area contributed by atoms with E-state index in [1.165, 1.54) is 0 Å². The maximum Gasteiger partial charge on any atom is 0.410 e. The fourth-order valence-corrected chi connectivity index (χ4v) is 2.83. The third kappa shape index (κ3) is 3.60. The summed E-state index contributed by atoms with van der Waals surface area (Å²) >= 11 is 0. The van der Waals surface area contributed by atoms with Crippen LogP contribution in [0.1, 0.15) is 37.5 Å². The summed E-state index contributed by atoms with van der Waals surface area (Å²) in [5, 5.41) is 9.14. The second-order valence-corrected chi connectivity index (χ2v) is 7.17. The van der Waals surface area contributed by atoms with E-state index in [4.69, 9.17) is 9.84 Å². The molecule has 0 aliphatic carbocycles. The standard InChI is InChI=1S/C20H23NO3/c1-20(2,3)24-19(23)21-11-17-9-8-16(10-18(17)12-21)15-6-4-14(13-22)5-7-15/h4-10,22H,11-13H2,1-3H3. The number of aliphatic hydroxyl groups excluding tert-OH is 1. The van der Waals surface area contributed by atoms with Crippen LogP contribution in [0, 0.1) is 0 Å². The minimum Gasteiger partial charge on any atom is -0.444 e. The highest BCUT2D eigenvalue weighted by atomic mass is 16.6. The van der Waals surface area contributed by atoms with Crippen LogP contribution in [0.5, 0.6) is 0 Å². The number of carbonyl (C=O) groups excluding carboxylic acids is 1. The van der Waals surface area contributed by atoms with Crippen molar-refractivity contribution < 1.29 is 14.6 Å². The summed E-state index contributed by atoms with van der Waals surface area (Å²) in [6.45, 7) is 6.85. The molecule has 126 valence electrons. The zero-order valence-corrected chi connectivity index (χ0v) is 14.4. The molecule has 0 saturated heterocycles. The van der Waals surface area contributed by atoms with E-state index in [1.807, 2.05) is 45.0 Å². The molecule has 0 bridgehead atoms. The lowest BCUT2D eigenvalue weighted by Gasteiger charge is -2.24. The lowest BCUT2D eigenvalue weighted by atomic mass is 10.00. The van der Waals surface area contributed by atoms with E-state index >= 15 is 0 Å². The Bertz CT molecular complexity index is 744. The molecule has 4 heteroatoms. The third-order valence-electron chi connectivity index (χ3n) is 4.05. The molecule has 1 aliphatic rings. The van der Waals surface area contributed by atoms with Crippen LogP contribution in [0.25, 0.3) is 11.1 Å². The molecule has 0 unspecified atom stereocenters. The van der Waals surface area contributed by atoms with E-state index in [-0.39, 0.29) is 12.7 Å². The topological polar surface area (TPSA) is 49.8 Å². The zero-order valence-electron chi connectivity index (χ0n) is 14.4. The minimum absolute atomic E-state index is 0.0509. The van der Waals surface area contributed by atoms with E-state index in [0.29, 0.717) is 13.1 Å². The average molecular weight is 325 g/mol. The average Bonchev–Trinajstić information content (AvgIpc) is 2.96. The number of amides is 1. The molecule has 1 N–H and O–H groups in total. The molecule has 1 aliphatic heterocycles. The first-order chi connectivity index (χ1) is 11.4. The molecule has 24 heavy (non-hydrogen) atoms. The van der Waals surface area contributed by atoms with Crippen LogP contribution in [0.2, 0.25) is 0 Å². The molecule has 1 heterocycles. The molecule has 0 saturated carbocycles. The summed E-state index contributed by atoms with van der Waals surface area (Å²) in [5.74, 6) is 0. The van der Waals surface area contributed by atoms with Gasteiger partial charge in [0, 0.05) is 13.1 Å². The Kier molecular flexibility index (Phi) is 4.33. The van der Waals surface area contributed by atoms with Crippen LogP contribution in [-0.4, -0.2) is 21.7 Å². The van der Waals surface area contributed by atoms with Gasteiger partial charge < -0.3 is 9.84 Å². The number of benzene rings is 2. The first kappa shape index (κ1) is 16.5. The maximum absolute atomic E-state index is 12.2. The lowest BCUT2D eigenvalue weighted by Crippen LogP contribution is -2.33. The predicted octanol–water partition coefficient (Wildman–Crippen LogP) is 4.10. The van der Waals surface area contributed by atoms with Gasteiger partial charge in [-0.1, -0.05) is 36.4 Å². The first-order valence-corrected chi connectivity index (χ1v) is 8.15. The van der Waals surface area contributed by atoms with Crippen LogP contribution in [-0.2, 0) is 24.4 Å². The Balaban J connectivity index is 1.77. The van der Waals surface area contributed by atoms with Crippen molar-refractivity contribution in [1.82, 2.24) is 4.90 Å². The molecular formula is C20H23NO3. The number of ether oxygens (including phenoxy) is 1. The van der Waals surface area contributed by atoms with Gasteiger partial charge in [0.2, 0.25) is 0 Å². The Morgan fingerprint density at radius 2 is 1.67 bits per heavy atom. The fraction of sp³-hybridized carbons (Fsp3) is 0.350. The Morgan fingerprint density at radius 3 is 2.29 bits per heavy atom. The smallest absolute Gasteiger partial charge is 0.410 e. The van der Waals surface area contributed by atoms with Crippen molar-refractivity contribution in [1.29, 1.82) is 0 Å². The van der Waals surface area contributed by atoms with Gasteiger partial charge >= 0.3 is 6.09 Å². The van der Waals surface area contributed by atoms with Gasteiger partial charge in [0.15, 0.2) is 0 Å². The monoisotopic (exact) mass is 325 g/mol. The lowest BCUT2D eigenvalue weighted by molar-refractivity contribution is 0.0242. The summed E-state index contributed by atoms with van der Waals surface area (Å²) in [5.41, 5.74) is 4.96. The van der Waals surface area contributed by atoms with Crippen LogP contribution >= 0.6 is 0 Å². The van der Waals surface area contributed by atoms with Gasteiger partial charge in [-0.25, -0.2) is 4.79 Å². The first-order valence-electron chi connectivity index (χ1n) is 8.15. The SMILES string of the molecule is CC(C)(C)OC(=O)N1Cc2ccc(-c3ccc(CO)cc3)cc2C1. The largest absolute Gasteiger partial charge is 0.444 e. The normalized spacial score (nSPS) is 13.8. The molecule has 3 rings (SSSR count). The van der Waals surface area contributed by atoms with Gasteiger partial charge in [0.25, 0.3) is 0 Å². The van der Waals surface area contributed by atoms with E-state index in [1.54, 1.807) is 4.90 Å². The zero-order chi connectivity index (χ0) is 17.3. The summed E-state index contributed by atoms with van der Waals surface area (Å²) < 4.78 is 5.46. The molecular weight excluding hydrogens is 302 g/mol. The molecule has 1 amide bonds. The van der Waals surface area contributed by atoms with E-state index in [0.717, 1.165) is 27.8 Å². The van der Waals surface area contributed by atoms with E-state index < -0.39 is 5.60 Å². The number of aliphatic hydroxyl groups is 1. The van der Waals surface area contributed by atoms with Gasteiger partial charge in [0.05, 0.1) is 6.61 Å². The van der Waals surface area contributed by atoms with Gasteiger partial charge in [-0.05, 0) is 54.7 Å². The van der Waals surface area contributed by atoms with Crippen LogP contribution in [0.3, 0.4) is 0 Å². The number of hydrogen-bond donors (Lipinski definition) is 1. The van der Waals surface area contributed by atoms with Crippen molar-refractivity contribution in [2.75, 3.05) is 0 Å². The molecule has 2 aromatic carbocycles. The highest BCUT2D eigenvalue weighted by Crippen LogP contribution is 2.29. The molecule has 0 radical (unpaired) electrons. The molecule has 0 fully saturated rings. The number of carbonyl (C=O) groups is 1. The molecule has 0 aromatic heterocycles. The maximum atomic E-state index is 12.2. The number of nitrogens with zero attached hydrogens (tertiary/aromatic N) is 1. The van der Waals surface area contributed by atoms with E-state index in [9.17, 15) is 4.79 Å². The molecule has 4 nitrogen and oxygen atoms in total. The minimum atomic E-state index is -0.481. The van der Waals surface area contributed by atoms with Crippen LogP contribution in [0.15, 0.2) is 42.5 Å². The highest BCUT2D eigenvalue weighted by Gasteiger charge is 2.27. The van der Waals surface area contributed by atoms with Crippen LogP contribution in [0.4, 0.5) is 4.79 Å². The summed E-state index contributed by atoms with van der Waals surface area (Å²) in [7, 11) is 0. The Labute approximate surface area is 142 Å². The fourth-order valence-electron chi connectivity index (χ4n) is 2.83. The second-order valence-electron chi connectivity index (χ2n) is 7.17. The van der Waals surface area contributed by atoms with E-state index in [2.05, 4.69) is 18.2 Å². The highest BCUT2D eigenvalue weighted by molar-refractivity contribution is 5.71. The van der Waals surface area contributed by atoms with Crippen molar-refractivity contribution in [3.05, 3.63) is 59.2 Å². The van der Waals surface area contributed by atoms with Crippen molar-refractivity contribution in [2.24, 2.45) is 0 Å². The molecule has 2 aromatic rings. The predicted molar refractivity (Wildman–Crippen MR) is 93.3 cm³/mol. The van der Waals surface area contributed by atoms with Gasteiger partial charge in [0.1, 0.15) is 5.60 Å². The van der Waals surface area contributed by atoms with Gasteiger partial charge in [-0.3, -0.25) is 4.90 Å². The second kappa shape index (κ2) is 6.29. The van der Waals surface area contributed by atoms with Crippen molar-refractivity contribution in [2.45, 2.75) is 46.1 Å². The van der Waals surface area contributed by atoms with Crippen molar-refractivity contribution >= 4 is 6.09 Å². The van der Waals surface area contributed by atoms with Gasteiger partial charge in [-0.15, -0.1) is 0 Å². The Hall–Kier alpha value is -2.33. The number of hydrogen-bond acceptors (Lipinski definition) is 3. The third-order valence-corrected chi connectivity index (χ3v) is 4.05. The van der Waals surface area contributed by atoms with Crippen molar-refractivity contribution in [3.63, 3.8) is 0 Å². The van der Waals surface area contributed by atoms with Crippen LogP contribution < -0.4 is 0 Å².